The van der Waals surface area contributed by atoms with Crippen molar-refractivity contribution >= 4 is 17.5 Å². The largest absolute Gasteiger partial charge is 0.461 e. The average Bonchev–Trinajstić information content (AvgIpc) is 3.16. The molecular formula is C17H17N3O3. The van der Waals surface area contributed by atoms with Crippen LogP contribution < -0.4 is 5.32 Å². The van der Waals surface area contributed by atoms with Crippen LogP contribution in [-0.4, -0.2) is 28.0 Å². The number of rotatable bonds is 4. The molecule has 6 heteroatoms. The van der Waals surface area contributed by atoms with Crippen molar-refractivity contribution in [1.82, 2.24) is 10.3 Å². The van der Waals surface area contributed by atoms with Gasteiger partial charge in [0.05, 0.1) is 11.8 Å². The zero-order valence-electron chi connectivity index (χ0n) is 13.2. The molecule has 0 aliphatic carbocycles. The van der Waals surface area contributed by atoms with E-state index >= 15 is 0 Å². The molecule has 1 amide bonds. The highest BCUT2D eigenvalue weighted by atomic mass is 16.3. The Morgan fingerprint density at radius 2 is 2.09 bits per heavy atom. The van der Waals surface area contributed by atoms with Crippen LogP contribution in [0.1, 0.15) is 42.6 Å². The lowest BCUT2D eigenvalue weighted by molar-refractivity contribution is -0.124. The summed E-state index contributed by atoms with van der Waals surface area (Å²) in [5, 5.41) is 2.75. The number of nitrogens with one attached hydrogen (secondary N) is 1. The molecule has 0 radical (unpaired) electrons. The summed E-state index contributed by atoms with van der Waals surface area (Å²) in [5.74, 6) is 0.0724. The van der Waals surface area contributed by atoms with E-state index in [0.29, 0.717) is 17.1 Å². The molecule has 1 aliphatic heterocycles. The molecule has 0 saturated heterocycles. The minimum absolute atomic E-state index is 0.0212. The average molecular weight is 311 g/mol. The van der Waals surface area contributed by atoms with Gasteiger partial charge in [-0.15, -0.1) is 0 Å². The molecular weight excluding hydrogens is 294 g/mol. The topological polar surface area (TPSA) is 84.6 Å². The Morgan fingerprint density at radius 3 is 2.70 bits per heavy atom. The van der Waals surface area contributed by atoms with E-state index in [1.165, 1.54) is 6.26 Å². The van der Waals surface area contributed by atoms with E-state index in [2.05, 4.69) is 15.3 Å². The lowest BCUT2D eigenvalue weighted by Gasteiger charge is -2.21. The normalized spacial score (nSPS) is 20.5. The molecule has 0 bridgehead atoms. The fourth-order valence-corrected chi connectivity index (χ4v) is 2.37. The van der Waals surface area contributed by atoms with E-state index in [0.717, 1.165) is 0 Å². The van der Waals surface area contributed by atoms with Gasteiger partial charge in [-0.2, -0.15) is 0 Å². The molecule has 0 fully saturated rings. The van der Waals surface area contributed by atoms with Gasteiger partial charge in [-0.05, 0) is 37.1 Å². The van der Waals surface area contributed by atoms with Gasteiger partial charge in [0.1, 0.15) is 11.2 Å². The molecule has 2 aromatic rings. The molecule has 6 nitrogen and oxygen atoms in total. The van der Waals surface area contributed by atoms with Gasteiger partial charge in [0.25, 0.3) is 5.91 Å². The Kier molecular flexibility index (Phi) is 3.60. The minimum Gasteiger partial charge on any atom is -0.461 e. The van der Waals surface area contributed by atoms with Gasteiger partial charge in [-0.3, -0.25) is 14.6 Å². The van der Waals surface area contributed by atoms with Crippen molar-refractivity contribution in [3.8, 4) is 0 Å². The predicted octanol–water partition coefficient (Wildman–Crippen LogP) is 2.20. The van der Waals surface area contributed by atoms with E-state index in [-0.39, 0.29) is 23.4 Å². The molecule has 1 atom stereocenters. The van der Waals surface area contributed by atoms with Crippen molar-refractivity contribution in [1.29, 1.82) is 0 Å². The molecule has 1 unspecified atom stereocenters. The van der Waals surface area contributed by atoms with Gasteiger partial charge in [-0.25, -0.2) is 4.99 Å². The van der Waals surface area contributed by atoms with Gasteiger partial charge in [0.2, 0.25) is 5.78 Å². The van der Waals surface area contributed by atoms with Crippen LogP contribution in [0.5, 0.6) is 0 Å². The number of carbonyl (C=O) groups excluding carboxylic acids is 2. The van der Waals surface area contributed by atoms with Gasteiger partial charge >= 0.3 is 0 Å². The fraction of sp³-hybridized carbons (Fsp3) is 0.294. The number of nitrogens with zero attached hydrogens (tertiary/aromatic N) is 2. The minimum atomic E-state index is -0.863. The lowest BCUT2D eigenvalue weighted by Crippen LogP contribution is -2.41. The van der Waals surface area contributed by atoms with E-state index in [1.54, 1.807) is 37.4 Å². The summed E-state index contributed by atoms with van der Waals surface area (Å²) in [5.41, 5.74) is -0.168. The van der Waals surface area contributed by atoms with E-state index in [9.17, 15) is 9.59 Å². The van der Waals surface area contributed by atoms with E-state index in [1.807, 2.05) is 13.8 Å². The number of carbonyl (C=O) groups is 2. The highest BCUT2D eigenvalue weighted by Crippen LogP contribution is 2.27. The number of amides is 1. The summed E-state index contributed by atoms with van der Waals surface area (Å²) >= 11 is 0. The highest BCUT2D eigenvalue weighted by molar-refractivity contribution is 6.20. The number of hydrogen-bond donors (Lipinski definition) is 1. The number of ketones is 1. The maximum atomic E-state index is 12.6. The summed E-state index contributed by atoms with van der Waals surface area (Å²) in [4.78, 5) is 33.6. The monoisotopic (exact) mass is 311 g/mol. The molecule has 0 aromatic carbocycles. The van der Waals surface area contributed by atoms with Crippen molar-refractivity contribution in [3.63, 3.8) is 0 Å². The fourth-order valence-electron chi connectivity index (χ4n) is 2.37. The van der Waals surface area contributed by atoms with Crippen molar-refractivity contribution in [2.75, 3.05) is 0 Å². The maximum Gasteiger partial charge on any atom is 0.253 e. The van der Waals surface area contributed by atoms with Gasteiger partial charge in [0, 0.05) is 6.20 Å². The Hall–Kier alpha value is -2.76. The van der Waals surface area contributed by atoms with Gasteiger partial charge in [-0.1, -0.05) is 13.8 Å². The molecule has 1 aliphatic rings. The summed E-state index contributed by atoms with van der Waals surface area (Å²) in [7, 11) is 0. The second-order valence-electron chi connectivity index (χ2n) is 5.92. The number of furan rings is 1. The molecule has 1 N–H and O–H groups in total. The van der Waals surface area contributed by atoms with Crippen LogP contribution in [0.2, 0.25) is 0 Å². The quantitative estimate of drug-likeness (QED) is 0.877. The van der Waals surface area contributed by atoms with Crippen LogP contribution in [0, 0.1) is 5.92 Å². The van der Waals surface area contributed by atoms with Crippen LogP contribution >= 0.6 is 0 Å². The number of aliphatic imine (C=N–C) groups is 1. The molecule has 3 rings (SSSR count). The molecule has 0 spiro atoms. The summed E-state index contributed by atoms with van der Waals surface area (Å²) in [6, 6.07) is 6.55. The van der Waals surface area contributed by atoms with Crippen molar-refractivity contribution in [2.24, 2.45) is 10.9 Å². The smallest absolute Gasteiger partial charge is 0.253 e. The Bertz CT molecular complexity index is 793. The zero-order chi connectivity index (χ0) is 16.6. The standard InChI is InChI=1S/C17H17N3O3/c1-10(2)17(3)16(22)19-15(20-17)13-11(6-4-8-18-13)14(21)12-7-5-9-23-12/h4-10H,1-3H3,(H,19,20,22). The molecule has 0 saturated carbocycles. The van der Waals surface area contributed by atoms with Gasteiger partial charge in [0.15, 0.2) is 11.6 Å². The molecule has 118 valence electrons. The third-order valence-corrected chi connectivity index (χ3v) is 4.18. The van der Waals surface area contributed by atoms with Crippen molar-refractivity contribution < 1.29 is 14.0 Å². The summed E-state index contributed by atoms with van der Waals surface area (Å²) < 4.78 is 5.16. The van der Waals surface area contributed by atoms with Crippen LogP contribution in [0.25, 0.3) is 0 Å². The SMILES string of the molecule is CC(C)C1(C)N=C(c2ncccc2C(=O)c2ccco2)NC1=O. The van der Waals surface area contributed by atoms with Crippen molar-refractivity contribution in [3.05, 3.63) is 53.7 Å². The second kappa shape index (κ2) is 5.46. The summed E-state index contributed by atoms with van der Waals surface area (Å²) in [6.45, 7) is 5.63. The van der Waals surface area contributed by atoms with Crippen LogP contribution in [0.4, 0.5) is 0 Å². The van der Waals surface area contributed by atoms with Crippen molar-refractivity contribution in [2.45, 2.75) is 26.3 Å². The van der Waals surface area contributed by atoms with E-state index in [4.69, 9.17) is 4.42 Å². The molecule has 23 heavy (non-hydrogen) atoms. The third kappa shape index (κ3) is 2.46. The third-order valence-electron chi connectivity index (χ3n) is 4.18. The first kappa shape index (κ1) is 15.1. The predicted molar refractivity (Wildman–Crippen MR) is 84.3 cm³/mol. The molecule has 2 aromatic heterocycles. The Morgan fingerprint density at radius 1 is 1.30 bits per heavy atom. The Balaban J connectivity index is 2.06. The first-order valence-corrected chi connectivity index (χ1v) is 7.38. The number of hydrogen-bond acceptors (Lipinski definition) is 5. The second-order valence-corrected chi connectivity index (χ2v) is 5.92. The lowest BCUT2D eigenvalue weighted by atomic mass is 9.89. The van der Waals surface area contributed by atoms with E-state index < -0.39 is 5.54 Å². The zero-order valence-corrected chi connectivity index (χ0v) is 13.2. The van der Waals surface area contributed by atoms with Gasteiger partial charge < -0.3 is 9.73 Å². The summed E-state index contributed by atoms with van der Waals surface area (Å²) in [6.07, 6.45) is 3.00. The number of aromatic nitrogens is 1. The van der Waals surface area contributed by atoms with Crippen LogP contribution in [0.3, 0.4) is 0 Å². The van der Waals surface area contributed by atoms with Crippen LogP contribution in [-0.2, 0) is 4.79 Å². The molecule has 3 heterocycles. The number of pyridine rings is 1. The maximum absolute atomic E-state index is 12.6. The first-order chi connectivity index (χ1) is 10.9. The van der Waals surface area contributed by atoms with Crippen LogP contribution in [0.15, 0.2) is 46.1 Å². The highest BCUT2D eigenvalue weighted by Gasteiger charge is 2.43. The Labute approximate surface area is 133 Å². The number of amidine groups is 1. The first-order valence-electron chi connectivity index (χ1n) is 7.38.